The number of carbonyl (C=O) groups is 1. The van der Waals surface area contributed by atoms with Crippen molar-refractivity contribution in [2.75, 3.05) is 5.75 Å². The topological polar surface area (TPSA) is 69.1 Å². The average Bonchev–Trinajstić information content (AvgIpc) is 3.10. The number of hydrogen-bond donors (Lipinski definition) is 2. The number of amides is 1. The number of primary amides is 1. The molecule has 1 aliphatic carbocycles. The summed E-state index contributed by atoms with van der Waals surface area (Å²) in [6.07, 6.45) is 2.06. The summed E-state index contributed by atoms with van der Waals surface area (Å²) in [4.78, 5) is 11.5. The summed E-state index contributed by atoms with van der Waals surface area (Å²) in [7, 11) is 0. The fraction of sp³-hybridized carbons (Fsp3) is 0.533. The molecule has 0 heterocycles. The van der Waals surface area contributed by atoms with Crippen LogP contribution < -0.4 is 11.5 Å². The Bertz CT molecular complexity index is 465. The van der Waals surface area contributed by atoms with Crippen LogP contribution in [0.2, 0.25) is 0 Å². The molecule has 1 aliphatic rings. The van der Waals surface area contributed by atoms with Crippen LogP contribution in [-0.2, 0) is 10.5 Å². The molecule has 0 radical (unpaired) electrons. The molecule has 0 aliphatic heterocycles. The summed E-state index contributed by atoms with van der Waals surface area (Å²) in [5, 5.41) is 0. The molecule has 19 heavy (non-hydrogen) atoms. The van der Waals surface area contributed by atoms with E-state index in [1.165, 1.54) is 16.7 Å². The minimum Gasteiger partial charge on any atom is -0.368 e. The first kappa shape index (κ1) is 14.4. The second-order valence-corrected chi connectivity index (χ2v) is 6.65. The van der Waals surface area contributed by atoms with Crippen LogP contribution in [0, 0.1) is 19.8 Å². The van der Waals surface area contributed by atoms with E-state index >= 15 is 0 Å². The van der Waals surface area contributed by atoms with Crippen LogP contribution in [0.25, 0.3) is 0 Å². The molecule has 0 aromatic heterocycles. The van der Waals surface area contributed by atoms with E-state index in [-0.39, 0.29) is 11.8 Å². The molecule has 1 unspecified atom stereocenters. The lowest BCUT2D eigenvalue weighted by Crippen LogP contribution is -2.56. The van der Waals surface area contributed by atoms with Crippen molar-refractivity contribution in [1.29, 1.82) is 0 Å². The molecule has 0 bridgehead atoms. The SMILES string of the molecule is Cc1cc(C)cc(CSCC(N)(C(N)=O)C2CC2)c1. The van der Waals surface area contributed by atoms with Gasteiger partial charge in [-0.2, -0.15) is 11.8 Å². The lowest BCUT2D eigenvalue weighted by Gasteiger charge is -2.25. The molecule has 104 valence electrons. The molecule has 1 aromatic rings. The highest BCUT2D eigenvalue weighted by atomic mass is 32.2. The van der Waals surface area contributed by atoms with Crippen molar-refractivity contribution < 1.29 is 4.79 Å². The molecule has 1 fully saturated rings. The van der Waals surface area contributed by atoms with Crippen molar-refractivity contribution in [3.8, 4) is 0 Å². The molecular weight excluding hydrogens is 256 g/mol. The molecular formula is C15H22N2OS. The lowest BCUT2D eigenvalue weighted by atomic mass is 9.96. The summed E-state index contributed by atoms with van der Waals surface area (Å²) in [5.74, 6) is 1.42. The number of thioether (sulfide) groups is 1. The van der Waals surface area contributed by atoms with Crippen LogP contribution in [0.15, 0.2) is 18.2 Å². The van der Waals surface area contributed by atoms with Gasteiger partial charge in [-0.3, -0.25) is 4.79 Å². The quantitative estimate of drug-likeness (QED) is 0.837. The molecule has 1 amide bonds. The highest BCUT2D eigenvalue weighted by Crippen LogP contribution is 2.40. The van der Waals surface area contributed by atoms with Crippen LogP contribution in [0.4, 0.5) is 0 Å². The Hall–Kier alpha value is -1.00. The van der Waals surface area contributed by atoms with E-state index < -0.39 is 5.54 Å². The Kier molecular flexibility index (Phi) is 4.21. The maximum atomic E-state index is 11.5. The van der Waals surface area contributed by atoms with E-state index in [1.54, 1.807) is 11.8 Å². The van der Waals surface area contributed by atoms with Crippen molar-refractivity contribution in [3.63, 3.8) is 0 Å². The Balaban J connectivity index is 1.93. The molecule has 2 rings (SSSR count). The smallest absolute Gasteiger partial charge is 0.238 e. The monoisotopic (exact) mass is 278 g/mol. The number of aryl methyl sites for hydroxylation is 2. The zero-order valence-electron chi connectivity index (χ0n) is 11.6. The largest absolute Gasteiger partial charge is 0.368 e. The van der Waals surface area contributed by atoms with E-state index in [9.17, 15) is 4.79 Å². The normalized spacial score (nSPS) is 18.1. The second kappa shape index (κ2) is 5.55. The standard InChI is InChI=1S/C15H22N2OS/c1-10-5-11(2)7-12(6-10)8-19-9-15(17,14(16)18)13-3-4-13/h5-7,13H,3-4,8-9,17H2,1-2H3,(H2,16,18). The van der Waals surface area contributed by atoms with Gasteiger partial charge in [-0.15, -0.1) is 0 Å². The summed E-state index contributed by atoms with van der Waals surface area (Å²) < 4.78 is 0. The zero-order valence-corrected chi connectivity index (χ0v) is 12.4. The Morgan fingerprint density at radius 3 is 2.37 bits per heavy atom. The van der Waals surface area contributed by atoms with Crippen molar-refractivity contribution in [1.82, 2.24) is 0 Å². The van der Waals surface area contributed by atoms with Gasteiger partial charge in [0.05, 0.1) is 0 Å². The third-order valence-electron chi connectivity index (χ3n) is 3.66. The number of hydrogen-bond acceptors (Lipinski definition) is 3. The third-order valence-corrected chi connectivity index (χ3v) is 4.87. The first-order valence-corrected chi connectivity index (χ1v) is 7.81. The van der Waals surface area contributed by atoms with Crippen molar-refractivity contribution in [2.24, 2.45) is 17.4 Å². The third kappa shape index (κ3) is 3.51. The Morgan fingerprint density at radius 2 is 1.89 bits per heavy atom. The minimum atomic E-state index is -0.816. The van der Waals surface area contributed by atoms with Crippen LogP contribution >= 0.6 is 11.8 Å². The van der Waals surface area contributed by atoms with Crippen LogP contribution in [0.3, 0.4) is 0 Å². The van der Waals surface area contributed by atoms with Gasteiger partial charge in [0.15, 0.2) is 0 Å². The van der Waals surface area contributed by atoms with Gasteiger partial charge in [0.25, 0.3) is 0 Å². The summed E-state index contributed by atoms with van der Waals surface area (Å²) in [6, 6.07) is 6.52. The molecule has 4 heteroatoms. The average molecular weight is 278 g/mol. The van der Waals surface area contributed by atoms with Gasteiger partial charge in [0.2, 0.25) is 5.91 Å². The van der Waals surface area contributed by atoms with Crippen molar-refractivity contribution in [2.45, 2.75) is 38.0 Å². The Labute approximate surface area is 119 Å². The van der Waals surface area contributed by atoms with Crippen LogP contribution in [0.1, 0.15) is 29.5 Å². The predicted molar refractivity (Wildman–Crippen MR) is 80.9 cm³/mol. The predicted octanol–water partition coefficient (Wildman–Crippen LogP) is 2.13. The molecule has 1 saturated carbocycles. The summed E-state index contributed by atoms with van der Waals surface area (Å²) in [6.45, 7) is 4.20. The fourth-order valence-electron chi connectivity index (χ4n) is 2.48. The fourth-order valence-corrected chi connectivity index (χ4v) is 3.70. The Morgan fingerprint density at radius 1 is 1.32 bits per heavy atom. The van der Waals surface area contributed by atoms with Crippen LogP contribution in [0.5, 0.6) is 0 Å². The zero-order chi connectivity index (χ0) is 14.0. The molecule has 3 nitrogen and oxygen atoms in total. The van der Waals surface area contributed by atoms with E-state index in [4.69, 9.17) is 11.5 Å². The number of benzene rings is 1. The van der Waals surface area contributed by atoms with Gasteiger partial charge >= 0.3 is 0 Å². The van der Waals surface area contributed by atoms with E-state index in [0.29, 0.717) is 5.75 Å². The number of rotatable bonds is 6. The van der Waals surface area contributed by atoms with Gasteiger partial charge in [0.1, 0.15) is 5.54 Å². The van der Waals surface area contributed by atoms with Crippen LogP contribution in [-0.4, -0.2) is 17.2 Å². The second-order valence-electron chi connectivity index (χ2n) is 5.67. The van der Waals surface area contributed by atoms with Gasteiger partial charge in [0, 0.05) is 11.5 Å². The summed E-state index contributed by atoms with van der Waals surface area (Å²) >= 11 is 1.70. The van der Waals surface area contributed by atoms with Crippen molar-refractivity contribution >= 4 is 17.7 Å². The molecule has 1 aromatic carbocycles. The van der Waals surface area contributed by atoms with E-state index in [0.717, 1.165) is 18.6 Å². The van der Waals surface area contributed by atoms with Gasteiger partial charge in [-0.1, -0.05) is 29.3 Å². The lowest BCUT2D eigenvalue weighted by molar-refractivity contribution is -0.123. The van der Waals surface area contributed by atoms with Gasteiger partial charge in [-0.25, -0.2) is 0 Å². The first-order chi connectivity index (χ1) is 8.91. The summed E-state index contributed by atoms with van der Waals surface area (Å²) in [5.41, 5.74) is 14.6. The van der Waals surface area contributed by atoms with Crippen molar-refractivity contribution in [3.05, 3.63) is 34.9 Å². The van der Waals surface area contributed by atoms with E-state index in [1.807, 2.05) is 0 Å². The number of carbonyl (C=O) groups excluding carboxylic acids is 1. The highest BCUT2D eigenvalue weighted by molar-refractivity contribution is 7.98. The maximum absolute atomic E-state index is 11.5. The molecule has 4 N–H and O–H groups in total. The number of nitrogens with two attached hydrogens (primary N) is 2. The molecule has 0 saturated heterocycles. The van der Waals surface area contributed by atoms with E-state index in [2.05, 4.69) is 32.0 Å². The molecule has 1 atom stereocenters. The highest BCUT2D eigenvalue weighted by Gasteiger charge is 2.46. The van der Waals surface area contributed by atoms with Gasteiger partial charge < -0.3 is 11.5 Å². The first-order valence-electron chi connectivity index (χ1n) is 6.65. The van der Waals surface area contributed by atoms with Gasteiger partial charge in [-0.05, 0) is 38.2 Å². The maximum Gasteiger partial charge on any atom is 0.238 e. The minimum absolute atomic E-state index is 0.289. The molecule has 0 spiro atoms.